The molecule has 0 radical (unpaired) electrons. The zero-order valence-electron chi connectivity index (χ0n) is 32.0. The van der Waals surface area contributed by atoms with Gasteiger partial charge >= 0.3 is 5.97 Å². The van der Waals surface area contributed by atoms with Crippen molar-refractivity contribution >= 4 is 63.4 Å². The fourth-order valence-corrected chi connectivity index (χ4v) is 11.0. The highest BCUT2D eigenvalue weighted by Gasteiger charge is 2.62. The van der Waals surface area contributed by atoms with Gasteiger partial charge < -0.3 is 24.8 Å². The Balaban J connectivity index is 1.21. The molecule has 4 N–H and O–H groups in total. The first-order valence-corrected chi connectivity index (χ1v) is 19.9. The molecule has 4 aliphatic rings. The molecular weight excluding hydrogens is 705 g/mol. The molecule has 0 aromatic heterocycles. The number of hydrogen-bond donors (Lipinski definition) is 4. The molecule has 4 aliphatic carbocycles. The topological polar surface area (TPSA) is 118 Å². The minimum Gasteiger partial charge on any atom is -0.497 e. The number of hydrazone groups is 2. The van der Waals surface area contributed by atoms with Crippen molar-refractivity contribution in [1.82, 2.24) is 10.9 Å². The second-order valence-corrected chi connectivity index (χ2v) is 16.9. The molecule has 10 nitrogen and oxygen atoms in total. The number of nitrogens with zero attached hydrogens (tertiary/aromatic N) is 2. The molecule has 0 amide bonds. The molecule has 0 aliphatic heterocycles. The van der Waals surface area contributed by atoms with Crippen LogP contribution in [-0.2, 0) is 9.53 Å². The minimum absolute atomic E-state index is 0.0885. The van der Waals surface area contributed by atoms with E-state index in [1.165, 1.54) is 38.5 Å². The van der Waals surface area contributed by atoms with Crippen LogP contribution in [0.15, 0.2) is 58.7 Å². The van der Waals surface area contributed by atoms with Crippen LogP contribution in [0.25, 0.3) is 0 Å². The Morgan fingerprint density at radius 2 is 1.40 bits per heavy atom. The maximum atomic E-state index is 12.0. The first-order chi connectivity index (χ1) is 25.5. The van der Waals surface area contributed by atoms with Gasteiger partial charge in [0.05, 0.1) is 21.3 Å². The number of ether oxygens (including phenoxy) is 3. The van der Waals surface area contributed by atoms with E-state index in [9.17, 15) is 4.79 Å². The van der Waals surface area contributed by atoms with E-state index in [1.54, 1.807) is 14.2 Å². The molecule has 6 rings (SSSR count). The normalized spacial score (nSPS) is 30.9. The van der Waals surface area contributed by atoms with Gasteiger partial charge in [0.15, 0.2) is 10.2 Å². The second-order valence-electron chi connectivity index (χ2n) is 16.0. The summed E-state index contributed by atoms with van der Waals surface area (Å²) in [5.74, 6) is 4.59. The Hall–Kier alpha value is -3.77. The summed E-state index contributed by atoms with van der Waals surface area (Å²) in [7, 11) is 4.80. The van der Waals surface area contributed by atoms with Crippen molar-refractivity contribution in [2.45, 2.75) is 85.0 Å². The fraction of sp³-hybridized carbons (Fsp3) is 0.585. The SMILES string of the molecule is COC(=O)CC[C@@H](C)C1CCC2C3C/C(=N\NC(=S)Nc4ccc(OC)cc4)C4C/C(=N\NC(=S)Nc5ccc(OC)cc5)CCC4(C)C3CCC21C. The third-order valence-electron chi connectivity index (χ3n) is 13.4. The minimum atomic E-state index is -0.106. The molecule has 0 heterocycles. The first kappa shape index (κ1) is 38.9. The van der Waals surface area contributed by atoms with Crippen molar-refractivity contribution in [1.29, 1.82) is 0 Å². The second kappa shape index (κ2) is 16.7. The monoisotopic (exact) mass is 760 g/mol. The number of anilines is 2. The molecule has 12 heteroatoms. The Morgan fingerprint density at radius 3 is 1.98 bits per heavy atom. The van der Waals surface area contributed by atoms with E-state index >= 15 is 0 Å². The third kappa shape index (κ3) is 8.48. The third-order valence-corrected chi connectivity index (χ3v) is 13.8. The molecule has 4 saturated carbocycles. The van der Waals surface area contributed by atoms with Crippen molar-refractivity contribution in [3.63, 3.8) is 0 Å². The van der Waals surface area contributed by atoms with Gasteiger partial charge in [0.25, 0.3) is 0 Å². The molecule has 2 aromatic carbocycles. The van der Waals surface area contributed by atoms with Crippen LogP contribution in [0.1, 0.15) is 85.0 Å². The summed E-state index contributed by atoms with van der Waals surface area (Å²) >= 11 is 11.4. The van der Waals surface area contributed by atoms with Gasteiger partial charge in [-0.25, -0.2) is 0 Å². The molecule has 0 spiro atoms. The van der Waals surface area contributed by atoms with E-state index < -0.39 is 0 Å². The quantitative estimate of drug-likeness (QED) is 0.107. The number of thiocarbonyl (C=S) groups is 2. The number of nitrogens with one attached hydrogen (secondary N) is 4. The number of carbonyl (C=O) groups is 1. The fourth-order valence-electron chi connectivity index (χ4n) is 10.6. The lowest BCUT2D eigenvalue weighted by molar-refractivity contribution is -0.141. The molecule has 0 saturated heterocycles. The van der Waals surface area contributed by atoms with Gasteiger partial charge in [0.1, 0.15) is 11.5 Å². The smallest absolute Gasteiger partial charge is 0.305 e. The molecule has 53 heavy (non-hydrogen) atoms. The lowest BCUT2D eigenvalue weighted by Crippen LogP contribution is -2.57. The Morgan fingerprint density at radius 1 is 0.811 bits per heavy atom. The maximum absolute atomic E-state index is 12.0. The van der Waals surface area contributed by atoms with Gasteiger partial charge in [-0.05, 0) is 171 Å². The van der Waals surface area contributed by atoms with E-state index in [1.807, 2.05) is 48.5 Å². The summed E-state index contributed by atoms with van der Waals surface area (Å²) in [5, 5.41) is 17.4. The number of hydrogen-bond acceptors (Lipinski definition) is 8. The van der Waals surface area contributed by atoms with Crippen LogP contribution in [0.4, 0.5) is 11.4 Å². The van der Waals surface area contributed by atoms with Crippen molar-refractivity contribution < 1.29 is 19.0 Å². The molecule has 4 fully saturated rings. The molecule has 0 bridgehead atoms. The summed E-state index contributed by atoms with van der Waals surface area (Å²) in [4.78, 5) is 12.0. The highest BCUT2D eigenvalue weighted by molar-refractivity contribution is 7.80. The highest BCUT2D eigenvalue weighted by Crippen LogP contribution is 2.67. The maximum Gasteiger partial charge on any atom is 0.305 e. The predicted octanol–water partition coefficient (Wildman–Crippen LogP) is 8.55. The van der Waals surface area contributed by atoms with E-state index in [4.69, 9.17) is 48.8 Å². The van der Waals surface area contributed by atoms with Crippen LogP contribution in [-0.4, -0.2) is 48.9 Å². The summed E-state index contributed by atoms with van der Waals surface area (Å²) in [6.45, 7) is 7.43. The molecule has 2 aromatic rings. The summed E-state index contributed by atoms with van der Waals surface area (Å²) in [5.41, 5.74) is 10.7. The van der Waals surface area contributed by atoms with Crippen LogP contribution < -0.4 is 31.0 Å². The number of benzene rings is 2. The Kier molecular flexibility index (Phi) is 12.3. The Labute approximate surface area is 325 Å². The molecular formula is C41H56N6O4S2. The van der Waals surface area contributed by atoms with Crippen LogP contribution in [0, 0.1) is 46.3 Å². The summed E-state index contributed by atoms with van der Waals surface area (Å²) in [6, 6.07) is 15.4. The zero-order chi connectivity index (χ0) is 37.8. The molecule has 7 unspecified atom stereocenters. The van der Waals surface area contributed by atoms with Crippen LogP contribution in [0.5, 0.6) is 11.5 Å². The number of rotatable bonds is 10. The Bertz CT molecular complexity index is 1700. The van der Waals surface area contributed by atoms with Gasteiger partial charge in [-0.15, -0.1) is 0 Å². The van der Waals surface area contributed by atoms with Gasteiger partial charge in [0, 0.05) is 35.1 Å². The van der Waals surface area contributed by atoms with Crippen LogP contribution >= 0.6 is 24.4 Å². The van der Waals surface area contributed by atoms with Gasteiger partial charge in [-0.1, -0.05) is 20.8 Å². The van der Waals surface area contributed by atoms with E-state index in [2.05, 4.69) is 42.3 Å². The van der Waals surface area contributed by atoms with Crippen molar-refractivity contribution in [2.24, 2.45) is 56.5 Å². The number of fused-ring (bicyclic) bond motifs is 5. The molecule has 8 atom stereocenters. The van der Waals surface area contributed by atoms with Crippen molar-refractivity contribution in [3.8, 4) is 11.5 Å². The van der Waals surface area contributed by atoms with Crippen LogP contribution in [0.2, 0.25) is 0 Å². The number of esters is 1. The van der Waals surface area contributed by atoms with Crippen molar-refractivity contribution in [2.75, 3.05) is 32.0 Å². The van der Waals surface area contributed by atoms with Gasteiger partial charge in [-0.3, -0.25) is 15.6 Å². The van der Waals surface area contributed by atoms with Crippen molar-refractivity contribution in [3.05, 3.63) is 48.5 Å². The summed E-state index contributed by atoms with van der Waals surface area (Å²) in [6.07, 6.45) is 10.0. The van der Waals surface area contributed by atoms with Gasteiger partial charge in [-0.2, -0.15) is 10.2 Å². The zero-order valence-corrected chi connectivity index (χ0v) is 33.6. The predicted molar refractivity (Wildman–Crippen MR) is 221 cm³/mol. The largest absolute Gasteiger partial charge is 0.497 e. The van der Waals surface area contributed by atoms with E-state index in [0.29, 0.717) is 46.2 Å². The standard InChI is InChI=1S/C41H56N6O4S2/c1-25(7-18-37(48)51-6)32-16-17-33-31-24-36(45-47-39(53)43-27-10-14-30(50-5)15-11-27)35-23-28(19-21-41(35,3)34(31)20-22-40(32,33)2)44-46-38(52)42-26-8-12-29(49-4)13-9-26/h8-15,25,31-35H,7,16-24H2,1-6H3,(H2,42,46,52)(H2,43,47,53)/b44-28-,45-36+/t25-,31?,32?,33?,34?,35?,40?,41?/m1/s1. The lowest BCUT2D eigenvalue weighted by atomic mass is 9.44. The highest BCUT2D eigenvalue weighted by atomic mass is 32.1. The van der Waals surface area contributed by atoms with Crippen LogP contribution in [0.3, 0.4) is 0 Å². The number of carbonyl (C=O) groups excluding carboxylic acids is 1. The summed E-state index contributed by atoms with van der Waals surface area (Å²) < 4.78 is 15.6. The number of methoxy groups -OCH3 is 3. The average molecular weight is 761 g/mol. The van der Waals surface area contributed by atoms with E-state index in [0.717, 1.165) is 60.7 Å². The lowest BCUT2D eigenvalue weighted by Gasteiger charge is -2.61. The van der Waals surface area contributed by atoms with Gasteiger partial charge in [0.2, 0.25) is 0 Å². The average Bonchev–Trinajstić information content (AvgIpc) is 3.53. The molecule has 286 valence electrons. The van der Waals surface area contributed by atoms with E-state index in [-0.39, 0.29) is 22.7 Å². The first-order valence-electron chi connectivity index (χ1n) is 19.1.